The Balaban J connectivity index is 1.65. The summed E-state index contributed by atoms with van der Waals surface area (Å²) in [5.74, 6) is 3.34. The van der Waals surface area contributed by atoms with Crippen LogP contribution < -0.4 is 0 Å². The molecule has 7 aliphatic rings. The van der Waals surface area contributed by atoms with Gasteiger partial charge in [-0.2, -0.15) is 0 Å². The predicted molar refractivity (Wildman–Crippen MR) is 74.2 cm³/mol. The Hall–Kier alpha value is 0.810. The molecule has 0 radical (unpaired) electrons. The number of hydrogen-bond donors (Lipinski definition) is 0. The third kappa shape index (κ3) is 1.14. The van der Waals surface area contributed by atoms with Gasteiger partial charge in [0, 0.05) is 0 Å². The molecule has 0 unspecified atom stereocenters. The SMILES string of the molecule is O=P(Cl)(Cl)C12CC3C4CC5CC3C(C1)C(C5)C4C2. The summed E-state index contributed by atoms with van der Waals surface area (Å²) < 4.78 is 12.4. The molecule has 18 heavy (non-hydrogen) atoms. The summed E-state index contributed by atoms with van der Waals surface area (Å²) in [5.41, 5.74) is 0. The summed E-state index contributed by atoms with van der Waals surface area (Å²) in [6.45, 7) is 0. The minimum atomic E-state index is -2.97. The highest BCUT2D eigenvalue weighted by molar-refractivity contribution is 8.09. The van der Waals surface area contributed by atoms with Crippen molar-refractivity contribution in [1.82, 2.24) is 0 Å². The number of rotatable bonds is 1. The van der Waals surface area contributed by atoms with Crippen molar-refractivity contribution < 1.29 is 4.57 Å². The summed E-state index contributed by atoms with van der Waals surface area (Å²) in [5, 5.41) is -0.177. The van der Waals surface area contributed by atoms with Gasteiger partial charge in [0.1, 0.15) is 0 Å². The van der Waals surface area contributed by atoms with Gasteiger partial charge in [0.2, 0.25) is 0 Å². The van der Waals surface area contributed by atoms with E-state index in [1.54, 1.807) is 0 Å². The molecule has 4 heteroatoms. The summed E-state index contributed by atoms with van der Waals surface area (Å²) >= 11 is 12.4. The molecule has 7 saturated carbocycles. The lowest BCUT2D eigenvalue weighted by molar-refractivity contribution is -0.195. The molecule has 0 amide bonds. The molecule has 7 aliphatic carbocycles. The molecule has 0 aliphatic heterocycles. The lowest BCUT2D eigenvalue weighted by atomic mass is 9.35. The highest BCUT2D eigenvalue weighted by Gasteiger charge is 2.70. The molecular weight excluding hydrogens is 286 g/mol. The second kappa shape index (κ2) is 3.18. The van der Waals surface area contributed by atoms with Gasteiger partial charge in [-0.1, -0.05) is 0 Å². The van der Waals surface area contributed by atoms with Gasteiger partial charge in [-0.25, -0.2) is 0 Å². The Kier molecular flexibility index (Phi) is 2.02. The van der Waals surface area contributed by atoms with Gasteiger partial charge >= 0.3 is 0 Å². The van der Waals surface area contributed by atoms with E-state index in [1.165, 1.54) is 19.3 Å². The van der Waals surface area contributed by atoms with Crippen LogP contribution in [0.1, 0.15) is 38.5 Å². The molecule has 0 aromatic rings. The molecule has 8 bridgehead atoms. The highest BCUT2D eigenvalue weighted by atomic mass is 35.9. The highest BCUT2D eigenvalue weighted by Crippen LogP contribution is 2.82. The van der Waals surface area contributed by atoms with Crippen LogP contribution in [0.5, 0.6) is 0 Å². The predicted octanol–water partition coefficient (Wildman–Crippen LogP) is 5.12. The minimum Gasteiger partial charge on any atom is -0.289 e. The van der Waals surface area contributed by atoms with Crippen LogP contribution in [0.2, 0.25) is 0 Å². The number of halogens is 2. The largest absolute Gasteiger partial charge is 0.289 e. The van der Waals surface area contributed by atoms with Crippen LogP contribution in [0.4, 0.5) is 0 Å². The van der Waals surface area contributed by atoms with E-state index in [2.05, 4.69) is 0 Å². The van der Waals surface area contributed by atoms with E-state index in [9.17, 15) is 4.57 Å². The molecule has 0 aromatic heterocycles. The lowest BCUT2D eigenvalue weighted by Gasteiger charge is -2.72. The van der Waals surface area contributed by atoms with Crippen molar-refractivity contribution in [2.75, 3.05) is 0 Å². The van der Waals surface area contributed by atoms with Gasteiger partial charge in [-0.3, -0.25) is 4.57 Å². The fraction of sp³-hybridized carbons (Fsp3) is 1.00. The van der Waals surface area contributed by atoms with Crippen molar-refractivity contribution in [1.29, 1.82) is 0 Å². The quantitative estimate of drug-likeness (QED) is 0.615. The second-order valence-corrected chi connectivity index (χ2v) is 13.1. The van der Waals surface area contributed by atoms with Crippen LogP contribution in [0.25, 0.3) is 0 Å². The summed E-state index contributed by atoms with van der Waals surface area (Å²) in [4.78, 5) is 0. The standard InChI is InChI=1S/C14H19Cl2OP/c15-18(16,17)14-4-11-8-1-7-2-9(11)13(6-14)10(3-7)12(8)5-14/h7-13H,1-6H2. The molecule has 7 fully saturated rings. The Labute approximate surface area is 118 Å². The first kappa shape index (κ1) is 11.5. The van der Waals surface area contributed by atoms with Crippen molar-refractivity contribution in [3.05, 3.63) is 0 Å². The van der Waals surface area contributed by atoms with Crippen LogP contribution in [0, 0.1) is 41.4 Å². The zero-order valence-corrected chi connectivity index (χ0v) is 12.8. The zero-order valence-electron chi connectivity index (χ0n) is 10.4. The average Bonchev–Trinajstić information content (AvgIpc) is 2.33. The monoisotopic (exact) mass is 304 g/mol. The van der Waals surface area contributed by atoms with E-state index in [1.807, 2.05) is 0 Å². The van der Waals surface area contributed by atoms with Crippen LogP contribution >= 0.6 is 28.3 Å². The molecule has 0 N–H and O–H groups in total. The summed E-state index contributed by atoms with van der Waals surface area (Å²) in [7, 11) is 0. The van der Waals surface area contributed by atoms with E-state index in [4.69, 9.17) is 22.5 Å². The fourth-order valence-electron chi connectivity index (χ4n) is 7.19. The third-order valence-corrected chi connectivity index (χ3v) is 11.3. The van der Waals surface area contributed by atoms with Gasteiger partial charge in [0.25, 0.3) is 5.85 Å². The van der Waals surface area contributed by atoms with E-state index in [0.29, 0.717) is 0 Å². The van der Waals surface area contributed by atoms with Crippen LogP contribution in [-0.4, -0.2) is 5.16 Å². The molecule has 0 aromatic carbocycles. The third-order valence-electron chi connectivity index (χ3n) is 7.52. The molecule has 7 rings (SSSR count). The molecule has 0 atom stereocenters. The Morgan fingerprint density at radius 2 is 1.17 bits per heavy atom. The topological polar surface area (TPSA) is 17.1 Å². The van der Waals surface area contributed by atoms with Crippen molar-refractivity contribution >= 4 is 28.3 Å². The molecule has 0 spiro atoms. The van der Waals surface area contributed by atoms with E-state index in [0.717, 1.165) is 60.7 Å². The Bertz CT molecular complexity index is 410. The van der Waals surface area contributed by atoms with Crippen molar-refractivity contribution in [2.24, 2.45) is 41.4 Å². The maximum atomic E-state index is 12.4. The second-order valence-electron chi connectivity index (χ2n) is 7.86. The smallest absolute Gasteiger partial charge is 0.259 e. The van der Waals surface area contributed by atoms with Gasteiger partial charge < -0.3 is 0 Å². The van der Waals surface area contributed by atoms with E-state index >= 15 is 0 Å². The number of hydrogen-bond acceptors (Lipinski definition) is 1. The molecule has 1 nitrogen and oxygen atoms in total. The molecule has 100 valence electrons. The fourth-order valence-corrected chi connectivity index (χ4v) is 9.70. The minimum absolute atomic E-state index is 0.177. The first-order valence-electron chi connectivity index (χ1n) is 7.48. The first-order chi connectivity index (χ1) is 8.48. The Morgan fingerprint density at radius 1 is 0.778 bits per heavy atom. The van der Waals surface area contributed by atoms with Gasteiger partial charge in [0.05, 0.1) is 5.16 Å². The van der Waals surface area contributed by atoms with E-state index in [-0.39, 0.29) is 5.16 Å². The first-order valence-corrected chi connectivity index (χ1v) is 11.0. The van der Waals surface area contributed by atoms with Gasteiger partial charge in [-0.15, -0.1) is 0 Å². The van der Waals surface area contributed by atoms with Gasteiger partial charge in [0.15, 0.2) is 0 Å². The van der Waals surface area contributed by atoms with Crippen molar-refractivity contribution in [3.8, 4) is 0 Å². The summed E-state index contributed by atoms with van der Waals surface area (Å²) in [6, 6.07) is 0. The Morgan fingerprint density at radius 3 is 1.50 bits per heavy atom. The van der Waals surface area contributed by atoms with Gasteiger partial charge in [-0.05, 0) is 102 Å². The van der Waals surface area contributed by atoms with Crippen LogP contribution in [0.3, 0.4) is 0 Å². The zero-order chi connectivity index (χ0) is 12.3. The summed E-state index contributed by atoms with van der Waals surface area (Å²) in [6.07, 6.45) is 7.62. The maximum absolute atomic E-state index is 12.4. The molecule has 0 saturated heterocycles. The normalized spacial score (nSPS) is 63.8. The maximum Gasteiger partial charge on any atom is 0.259 e. The lowest BCUT2D eigenvalue weighted by Crippen LogP contribution is -2.66. The van der Waals surface area contributed by atoms with Crippen LogP contribution in [0.15, 0.2) is 0 Å². The van der Waals surface area contributed by atoms with E-state index < -0.39 is 5.85 Å². The van der Waals surface area contributed by atoms with Crippen molar-refractivity contribution in [2.45, 2.75) is 43.7 Å². The van der Waals surface area contributed by atoms with Crippen LogP contribution in [-0.2, 0) is 4.57 Å². The molecular formula is C14H19Cl2OP. The molecule has 0 heterocycles. The average molecular weight is 305 g/mol. The van der Waals surface area contributed by atoms with Crippen molar-refractivity contribution in [3.63, 3.8) is 0 Å².